The summed E-state index contributed by atoms with van der Waals surface area (Å²) in [7, 11) is -4.46. The first-order valence-electron chi connectivity index (χ1n) is 9.18. The van der Waals surface area contributed by atoms with Gasteiger partial charge in [0.2, 0.25) is 0 Å². The number of rotatable bonds is 7. The lowest BCUT2D eigenvalue weighted by molar-refractivity contribution is -0.155. The molecule has 25 heavy (non-hydrogen) atoms. The van der Waals surface area contributed by atoms with Crippen LogP contribution in [0.1, 0.15) is 39.5 Å². The fourth-order valence-electron chi connectivity index (χ4n) is 3.71. The molecule has 1 saturated carbocycles. The SMILES string of the molecule is CC(C)C1CCC(C(=O)OC(CN2CCOCC2)CS(=O)(=O)[O-])CC1. The van der Waals surface area contributed by atoms with Crippen LogP contribution in [0.4, 0.5) is 0 Å². The van der Waals surface area contributed by atoms with Gasteiger partial charge in [0.25, 0.3) is 0 Å². The topological polar surface area (TPSA) is 96.0 Å². The smallest absolute Gasteiger partial charge is 0.309 e. The van der Waals surface area contributed by atoms with E-state index in [0.29, 0.717) is 38.1 Å². The minimum atomic E-state index is -4.46. The van der Waals surface area contributed by atoms with Gasteiger partial charge in [-0.2, -0.15) is 0 Å². The standard InChI is InChI=1S/C17H31NO6S/c1-13(2)14-3-5-15(6-4-14)17(19)24-16(12-25(20,21)22)11-18-7-9-23-10-8-18/h13-16H,3-12H2,1-2H3,(H,20,21,22)/p-1. The molecule has 1 aliphatic heterocycles. The van der Waals surface area contributed by atoms with Crippen LogP contribution in [0, 0.1) is 17.8 Å². The molecule has 2 rings (SSSR count). The zero-order chi connectivity index (χ0) is 18.4. The molecule has 7 nitrogen and oxygen atoms in total. The lowest BCUT2D eigenvalue weighted by atomic mass is 9.77. The molecule has 0 bridgehead atoms. The van der Waals surface area contributed by atoms with Crippen molar-refractivity contribution in [2.24, 2.45) is 17.8 Å². The van der Waals surface area contributed by atoms with Crippen LogP contribution in [-0.4, -0.2) is 68.5 Å². The van der Waals surface area contributed by atoms with E-state index in [1.54, 1.807) is 0 Å². The van der Waals surface area contributed by atoms with Crippen molar-refractivity contribution in [2.75, 3.05) is 38.6 Å². The van der Waals surface area contributed by atoms with Crippen molar-refractivity contribution in [2.45, 2.75) is 45.6 Å². The monoisotopic (exact) mass is 376 g/mol. The molecule has 146 valence electrons. The van der Waals surface area contributed by atoms with Crippen molar-refractivity contribution < 1.29 is 27.2 Å². The van der Waals surface area contributed by atoms with E-state index in [2.05, 4.69) is 13.8 Å². The molecule has 0 aromatic carbocycles. The molecule has 0 aromatic heterocycles. The summed E-state index contributed by atoms with van der Waals surface area (Å²) in [5.41, 5.74) is 0. The molecular weight excluding hydrogens is 346 g/mol. The molecule has 0 radical (unpaired) electrons. The fourth-order valence-corrected chi connectivity index (χ4v) is 4.33. The predicted molar refractivity (Wildman–Crippen MR) is 92.0 cm³/mol. The lowest BCUT2D eigenvalue weighted by Crippen LogP contribution is -2.45. The molecule has 0 N–H and O–H groups in total. The van der Waals surface area contributed by atoms with E-state index in [-0.39, 0.29) is 18.4 Å². The molecule has 1 atom stereocenters. The third kappa shape index (κ3) is 7.21. The van der Waals surface area contributed by atoms with Crippen LogP contribution in [-0.2, 0) is 24.4 Å². The second kappa shape index (κ2) is 9.30. The van der Waals surface area contributed by atoms with Gasteiger partial charge in [0, 0.05) is 19.6 Å². The number of esters is 1. The van der Waals surface area contributed by atoms with E-state index in [4.69, 9.17) is 9.47 Å². The third-order valence-corrected chi connectivity index (χ3v) is 6.07. The number of hydrogen-bond donors (Lipinski definition) is 0. The Morgan fingerprint density at radius 1 is 1.20 bits per heavy atom. The van der Waals surface area contributed by atoms with Gasteiger partial charge in [-0.05, 0) is 37.5 Å². The van der Waals surface area contributed by atoms with Gasteiger partial charge < -0.3 is 14.0 Å². The molecule has 2 fully saturated rings. The number of hydrogen-bond acceptors (Lipinski definition) is 7. The van der Waals surface area contributed by atoms with Crippen LogP contribution in [0.25, 0.3) is 0 Å². The molecule has 8 heteroatoms. The molecule has 1 aliphatic carbocycles. The average Bonchev–Trinajstić information content (AvgIpc) is 2.54. The van der Waals surface area contributed by atoms with E-state index in [1.807, 2.05) is 4.90 Å². The molecular formula is C17H30NO6S-. The highest BCUT2D eigenvalue weighted by Gasteiger charge is 2.31. The van der Waals surface area contributed by atoms with Crippen molar-refractivity contribution in [1.82, 2.24) is 4.90 Å². The van der Waals surface area contributed by atoms with Crippen LogP contribution < -0.4 is 0 Å². The van der Waals surface area contributed by atoms with E-state index in [9.17, 15) is 17.8 Å². The van der Waals surface area contributed by atoms with Crippen LogP contribution in [0.3, 0.4) is 0 Å². The number of morpholine rings is 1. The Hall–Kier alpha value is -0.700. The predicted octanol–water partition coefficient (Wildman–Crippen LogP) is 1.24. The van der Waals surface area contributed by atoms with Gasteiger partial charge in [0.15, 0.2) is 0 Å². The van der Waals surface area contributed by atoms with Crippen molar-refractivity contribution in [3.63, 3.8) is 0 Å². The zero-order valence-electron chi connectivity index (χ0n) is 15.2. The maximum Gasteiger partial charge on any atom is 0.309 e. The summed E-state index contributed by atoms with van der Waals surface area (Å²) in [5, 5.41) is 0. The maximum absolute atomic E-state index is 12.5. The van der Waals surface area contributed by atoms with Gasteiger partial charge in [0.1, 0.15) is 6.10 Å². The summed E-state index contributed by atoms with van der Waals surface area (Å²) in [6.07, 6.45) is 2.62. The first kappa shape index (κ1) is 20.6. The summed E-state index contributed by atoms with van der Waals surface area (Å²) in [4.78, 5) is 14.4. The largest absolute Gasteiger partial charge is 0.748 e. The second-order valence-electron chi connectivity index (χ2n) is 7.55. The Kier molecular flexibility index (Phi) is 7.67. The number of nitrogens with zero attached hydrogens (tertiary/aromatic N) is 1. The summed E-state index contributed by atoms with van der Waals surface area (Å²) in [6.45, 7) is 7.06. The Morgan fingerprint density at radius 2 is 1.80 bits per heavy atom. The molecule has 0 spiro atoms. The zero-order valence-corrected chi connectivity index (χ0v) is 16.0. The molecule has 0 aromatic rings. The van der Waals surface area contributed by atoms with Gasteiger partial charge >= 0.3 is 5.97 Å². The van der Waals surface area contributed by atoms with Gasteiger partial charge in [-0.1, -0.05) is 13.8 Å². The maximum atomic E-state index is 12.5. The van der Waals surface area contributed by atoms with Crippen LogP contribution in [0.2, 0.25) is 0 Å². The van der Waals surface area contributed by atoms with Gasteiger partial charge in [-0.15, -0.1) is 0 Å². The Labute approximate surface area is 150 Å². The summed E-state index contributed by atoms with van der Waals surface area (Å²) >= 11 is 0. The molecule has 1 saturated heterocycles. The van der Waals surface area contributed by atoms with Gasteiger partial charge in [-0.3, -0.25) is 9.69 Å². The number of carbonyl (C=O) groups excluding carboxylic acids is 1. The van der Waals surface area contributed by atoms with Crippen molar-refractivity contribution in [1.29, 1.82) is 0 Å². The molecule has 1 heterocycles. The van der Waals surface area contributed by atoms with Crippen LogP contribution in [0.5, 0.6) is 0 Å². The summed E-state index contributed by atoms with van der Waals surface area (Å²) < 4.78 is 44.2. The van der Waals surface area contributed by atoms with Crippen LogP contribution in [0.15, 0.2) is 0 Å². The normalized spacial score (nSPS) is 27.2. The molecule has 2 aliphatic rings. The highest BCUT2D eigenvalue weighted by molar-refractivity contribution is 7.85. The highest BCUT2D eigenvalue weighted by atomic mass is 32.2. The van der Waals surface area contributed by atoms with Crippen molar-refractivity contribution in [3.05, 3.63) is 0 Å². The Balaban J connectivity index is 1.89. The highest BCUT2D eigenvalue weighted by Crippen LogP contribution is 2.34. The molecule has 1 unspecified atom stereocenters. The summed E-state index contributed by atoms with van der Waals surface area (Å²) in [6, 6.07) is 0. The molecule has 0 amide bonds. The van der Waals surface area contributed by atoms with Crippen molar-refractivity contribution in [3.8, 4) is 0 Å². The first-order chi connectivity index (χ1) is 11.7. The average molecular weight is 376 g/mol. The fraction of sp³-hybridized carbons (Fsp3) is 0.941. The van der Waals surface area contributed by atoms with E-state index in [0.717, 1.165) is 25.7 Å². The summed E-state index contributed by atoms with van der Waals surface area (Å²) in [5.74, 6) is 0.0322. The van der Waals surface area contributed by atoms with Crippen molar-refractivity contribution >= 4 is 16.1 Å². The minimum absolute atomic E-state index is 0.184. The minimum Gasteiger partial charge on any atom is -0.748 e. The second-order valence-corrected chi connectivity index (χ2v) is 9.00. The van der Waals surface area contributed by atoms with Crippen LogP contribution >= 0.6 is 0 Å². The third-order valence-electron chi connectivity index (χ3n) is 5.29. The number of ether oxygens (including phenoxy) is 2. The van der Waals surface area contributed by atoms with E-state index >= 15 is 0 Å². The van der Waals surface area contributed by atoms with Gasteiger partial charge in [0.05, 0.1) is 35.0 Å². The van der Waals surface area contributed by atoms with Gasteiger partial charge in [-0.25, -0.2) is 8.42 Å². The van der Waals surface area contributed by atoms with E-state index in [1.165, 1.54) is 0 Å². The lowest BCUT2D eigenvalue weighted by Gasteiger charge is -2.33. The quantitative estimate of drug-likeness (QED) is 0.487. The number of carbonyl (C=O) groups is 1. The Morgan fingerprint density at radius 3 is 2.32 bits per heavy atom. The van der Waals surface area contributed by atoms with E-state index < -0.39 is 22.0 Å². The first-order valence-corrected chi connectivity index (χ1v) is 10.8. The Bertz CT molecular complexity index is 521.